The van der Waals surface area contributed by atoms with Crippen molar-refractivity contribution in [2.45, 2.75) is 19.8 Å². The monoisotopic (exact) mass is 398 g/mol. The largest absolute Gasteiger partial charge is 0.496 e. The average Bonchev–Trinajstić information content (AvgIpc) is 2.71. The Labute approximate surface area is 172 Å². The van der Waals surface area contributed by atoms with Crippen molar-refractivity contribution in [2.24, 2.45) is 0 Å². The lowest BCUT2D eigenvalue weighted by Crippen LogP contribution is -2.11. The van der Waals surface area contributed by atoms with Crippen molar-refractivity contribution in [3.63, 3.8) is 0 Å². The number of nitrogens with two attached hydrogens (primary N) is 1. The smallest absolute Gasteiger partial charge is 0.192 e. The minimum Gasteiger partial charge on any atom is -0.496 e. The molecule has 0 aromatic heterocycles. The molecule has 0 atom stereocenters. The topological polar surface area (TPSA) is 74.0 Å². The maximum atomic E-state index is 13.4. The SMILES string of the molecule is CCCC(=Cc1ccc(N(C)C)c(N)c1)C(=O)c1cc(OC)c(OC)cc1OC. The second kappa shape index (κ2) is 9.87. The van der Waals surface area contributed by atoms with Gasteiger partial charge in [0.15, 0.2) is 17.3 Å². The van der Waals surface area contributed by atoms with Gasteiger partial charge in [0.1, 0.15) is 5.75 Å². The molecule has 2 rings (SSSR count). The van der Waals surface area contributed by atoms with E-state index in [2.05, 4.69) is 0 Å². The summed E-state index contributed by atoms with van der Waals surface area (Å²) in [7, 11) is 8.49. The molecule has 0 fully saturated rings. The summed E-state index contributed by atoms with van der Waals surface area (Å²) in [6, 6.07) is 9.11. The molecule has 156 valence electrons. The van der Waals surface area contributed by atoms with Crippen LogP contribution in [-0.4, -0.2) is 41.2 Å². The van der Waals surface area contributed by atoms with E-state index in [4.69, 9.17) is 19.9 Å². The van der Waals surface area contributed by atoms with E-state index in [1.807, 2.05) is 50.2 Å². The molecule has 0 saturated heterocycles. The Hall–Kier alpha value is -3.15. The number of Topliss-reactive ketones (excluding diaryl/α,β-unsaturated/α-hetero) is 1. The first kappa shape index (κ1) is 22.1. The van der Waals surface area contributed by atoms with E-state index in [9.17, 15) is 4.79 Å². The van der Waals surface area contributed by atoms with Crippen LogP contribution in [0.25, 0.3) is 6.08 Å². The summed E-state index contributed by atoms with van der Waals surface area (Å²) in [5.41, 5.74) is 9.76. The number of rotatable bonds is 9. The van der Waals surface area contributed by atoms with Crippen LogP contribution < -0.4 is 24.8 Å². The summed E-state index contributed by atoms with van der Waals surface area (Å²) in [4.78, 5) is 15.3. The van der Waals surface area contributed by atoms with E-state index in [1.165, 1.54) is 14.2 Å². The van der Waals surface area contributed by atoms with Crippen LogP contribution in [0.15, 0.2) is 35.9 Å². The fraction of sp³-hybridized carbons (Fsp3) is 0.348. The van der Waals surface area contributed by atoms with Crippen LogP contribution in [0.2, 0.25) is 0 Å². The van der Waals surface area contributed by atoms with Gasteiger partial charge in [-0.3, -0.25) is 4.79 Å². The van der Waals surface area contributed by atoms with Crippen LogP contribution in [-0.2, 0) is 0 Å². The molecule has 0 unspecified atom stereocenters. The summed E-state index contributed by atoms with van der Waals surface area (Å²) in [5, 5.41) is 0. The molecule has 0 radical (unpaired) electrons. The summed E-state index contributed by atoms with van der Waals surface area (Å²) in [6.07, 6.45) is 3.35. The second-order valence-electron chi connectivity index (χ2n) is 6.87. The first-order chi connectivity index (χ1) is 13.9. The van der Waals surface area contributed by atoms with Crippen LogP contribution >= 0.6 is 0 Å². The van der Waals surface area contributed by atoms with Gasteiger partial charge in [-0.25, -0.2) is 0 Å². The Bertz CT molecular complexity index is 904. The van der Waals surface area contributed by atoms with Crippen LogP contribution in [0, 0.1) is 0 Å². The molecular weight excluding hydrogens is 368 g/mol. The van der Waals surface area contributed by atoms with E-state index in [-0.39, 0.29) is 5.78 Å². The fourth-order valence-corrected chi connectivity index (χ4v) is 3.17. The highest BCUT2D eigenvalue weighted by atomic mass is 16.5. The van der Waals surface area contributed by atoms with Crippen LogP contribution in [0.3, 0.4) is 0 Å². The summed E-state index contributed by atoms with van der Waals surface area (Å²) >= 11 is 0. The number of anilines is 2. The number of ketones is 1. The molecule has 0 aliphatic rings. The minimum absolute atomic E-state index is 0.111. The summed E-state index contributed by atoms with van der Waals surface area (Å²) < 4.78 is 16.1. The number of ether oxygens (including phenoxy) is 3. The minimum atomic E-state index is -0.111. The molecule has 2 aromatic carbocycles. The third-order valence-electron chi connectivity index (χ3n) is 4.64. The molecule has 6 nitrogen and oxygen atoms in total. The second-order valence-corrected chi connectivity index (χ2v) is 6.87. The van der Waals surface area contributed by atoms with Gasteiger partial charge < -0.3 is 24.8 Å². The number of hydrogen-bond donors (Lipinski definition) is 1. The molecule has 0 spiro atoms. The van der Waals surface area contributed by atoms with Crippen molar-refractivity contribution in [3.8, 4) is 17.2 Å². The number of hydrogen-bond acceptors (Lipinski definition) is 6. The summed E-state index contributed by atoms with van der Waals surface area (Å²) in [6.45, 7) is 2.04. The number of benzene rings is 2. The molecule has 0 bridgehead atoms. The van der Waals surface area contributed by atoms with E-state index in [0.717, 1.165) is 17.7 Å². The molecule has 2 N–H and O–H groups in total. The lowest BCUT2D eigenvalue weighted by Gasteiger charge is -2.16. The molecule has 0 heterocycles. The third kappa shape index (κ3) is 5.02. The molecule has 0 aliphatic heterocycles. The van der Waals surface area contributed by atoms with Gasteiger partial charge in [-0.05, 0) is 36.3 Å². The van der Waals surface area contributed by atoms with Gasteiger partial charge in [-0.1, -0.05) is 19.4 Å². The Morgan fingerprint density at radius 1 is 1.00 bits per heavy atom. The van der Waals surface area contributed by atoms with Gasteiger partial charge >= 0.3 is 0 Å². The highest BCUT2D eigenvalue weighted by Gasteiger charge is 2.20. The van der Waals surface area contributed by atoms with Crippen molar-refractivity contribution in [1.82, 2.24) is 0 Å². The van der Waals surface area contributed by atoms with Crippen molar-refractivity contribution in [2.75, 3.05) is 46.1 Å². The van der Waals surface area contributed by atoms with Crippen molar-refractivity contribution >= 4 is 23.2 Å². The van der Waals surface area contributed by atoms with E-state index in [1.54, 1.807) is 19.2 Å². The first-order valence-corrected chi connectivity index (χ1v) is 9.48. The maximum Gasteiger partial charge on any atom is 0.192 e. The maximum absolute atomic E-state index is 13.4. The van der Waals surface area contributed by atoms with Gasteiger partial charge in [-0.2, -0.15) is 0 Å². The molecule has 0 saturated carbocycles. The van der Waals surface area contributed by atoms with Gasteiger partial charge in [0.05, 0.1) is 38.3 Å². The van der Waals surface area contributed by atoms with Gasteiger partial charge in [0.2, 0.25) is 0 Å². The van der Waals surface area contributed by atoms with Gasteiger partial charge in [0.25, 0.3) is 0 Å². The molecule has 0 amide bonds. The summed E-state index contributed by atoms with van der Waals surface area (Å²) in [5.74, 6) is 1.32. The lowest BCUT2D eigenvalue weighted by atomic mass is 9.96. The molecular formula is C23H30N2O4. The molecule has 29 heavy (non-hydrogen) atoms. The Morgan fingerprint density at radius 2 is 1.62 bits per heavy atom. The number of allylic oxidation sites excluding steroid dienone is 1. The standard InChI is InChI=1S/C23H30N2O4/c1-7-8-16(11-15-9-10-19(25(2)3)18(24)12-15)23(26)17-13-21(28-5)22(29-6)14-20(17)27-4/h9-14H,7-8,24H2,1-6H3. The number of methoxy groups -OCH3 is 3. The molecule has 6 heteroatoms. The average molecular weight is 399 g/mol. The fourth-order valence-electron chi connectivity index (χ4n) is 3.17. The van der Waals surface area contributed by atoms with Crippen molar-refractivity contribution in [3.05, 3.63) is 47.0 Å². The first-order valence-electron chi connectivity index (χ1n) is 9.48. The highest BCUT2D eigenvalue weighted by Crippen LogP contribution is 2.36. The van der Waals surface area contributed by atoms with Crippen LogP contribution in [0.4, 0.5) is 11.4 Å². The zero-order valence-electron chi connectivity index (χ0n) is 18.0. The van der Waals surface area contributed by atoms with E-state index < -0.39 is 0 Å². The Balaban J connectivity index is 2.52. The Kier molecular flexibility index (Phi) is 7.53. The predicted octanol–water partition coefficient (Wildman–Crippen LogP) is 4.43. The third-order valence-corrected chi connectivity index (χ3v) is 4.64. The number of nitrogens with zero attached hydrogens (tertiary/aromatic N) is 1. The normalized spacial score (nSPS) is 11.2. The number of nitrogen functional groups attached to an aromatic ring is 1. The van der Waals surface area contributed by atoms with E-state index in [0.29, 0.717) is 40.5 Å². The van der Waals surface area contributed by atoms with Crippen LogP contribution in [0.1, 0.15) is 35.7 Å². The quantitative estimate of drug-likeness (QED) is 0.383. The van der Waals surface area contributed by atoms with Gasteiger partial charge in [-0.15, -0.1) is 0 Å². The van der Waals surface area contributed by atoms with E-state index >= 15 is 0 Å². The zero-order valence-corrected chi connectivity index (χ0v) is 18.0. The van der Waals surface area contributed by atoms with Crippen LogP contribution in [0.5, 0.6) is 17.2 Å². The molecule has 0 aliphatic carbocycles. The number of carbonyl (C=O) groups is 1. The molecule has 2 aromatic rings. The predicted molar refractivity (Wildman–Crippen MR) is 118 cm³/mol. The van der Waals surface area contributed by atoms with Crippen molar-refractivity contribution in [1.29, 1.82) is 0 Å². The Morgan fingerprint density at radius 3 is 2.14 bits per heavy atom. The van der Waals surface area contributed by atoms with Gasteiger partial charge in [0, 0.05) is 25.7 Å². The van der Waals surface area contributed by atoms with Crippen molar-refractivity contribution < 1.29 is 19.0 Å². The number of carbonyl (C=O) groups excluding carboxylic acids is 1. The highest BCUT2D eigenvalue weighted by molar-refractivity contribution is 6.13. The zero-order chi connectivity index (χ0) is 21.6. The lowest BCUT2D eigenvalue weighted by molar-refractivity contribution is 0.102.